The van der Waals surface area contributed by atoms with Gasteiger partial charge in [0.2, 0.25) is 11.8 Å². The number of hydrogen-bond donors (Lipinski definition) is 2. The maximum absolute atomic E-state index is 11.4. The van der Waals surface area contributed by atoms with Crippen LogP contribution in [0, 0.1) is 0 Å². The summed E-state index contributed by atoms with van der Waals surface area (Å²) in [6, 6.07) is 1.76. The minimum Gasteiger partial charge on any atom is -0.370 e. The number of nitrogens with zero attached hydrogens (tertiary/aromatic N) is 3. The predicted octanol–water partition coefficient (Wildman–Crippen LogP) is -0.0664. The summed E-state index contributed by atoms with van der Waals surface area (Å²) in [4.78, 5) is 33.1. The number of aromatic nitrogens is 2. The number of amides is 2. The van der Waals surface area contributed by atoms with Crippen molar-refractivity contribution >= 4 is 23.5 Å². The lowest BCUT2D eigenvalue weighted by Gasteiger charge is -2.26. The number of hydrogen-bond acceptors (Lipinski definition) is 6. The molecule has 0 saturated carbocycles. The fraction of sp³-hybridized carbons (Fsp3) is 0.500. The number of anilines is 2. The Kier molecular flexibility index (Phi) is 3.94. The van der Waals surface area contributed by atoms with E-state index in [2.05, 4.69) is 20.6 Å². The fourth-order valence-electron chi connectivity index (χ4n) is 1.87. The molecule has 1 aromatic heterocycles. The average Bonchev–Trinajstić information content (AvgIpc) is 2.37. The molecule has 0 bridgehead atoms. The van der Waals surface area contributed by atoms with E-state index in [4.69, 9.17) is 0 Å². The lowest BCUT2D eigenvalue weighted by molar-refractivity contribution is -0.130. The van der Waals surface area contributed by atoms with Gasteiger partial charge in [-0.3, -0.25) is 14.9 Å². The van der Waals surface area contributed by atoms with Gasteiger partial charge in [-0.1, -0.05) is 6.92 Å². The van der Waals surface area contributed by atoms with Gasteiger partial charge in [-0.05, 0) is 6.92 Å². The van der Waals surface area contributed by atoms with Gasteiger partial charge in [0.15, 0.2) is 0 Å². The van der Waals surface area contributed by atoms with Gasteiger partial charge in [0.25, 0.3) is 0 Å². The van der Waals surface area contributed by atoms with Gasteiger partial charge < -0.3 is 10.2 Å². The van der Waals surface area contributed by atoms with E-state index in [9.17, 15) is 9.59 Å². The molecule has 2 heterocycles. The van der Waals surface area contributed by atoms with Crippen LogP contribution in [0.4, 0.5) is 11.6 Å². The van der Waals surface area contributed by atoms with Crippen molar-refractivity contribution in [3.8, 4) is 0 Å². The maximum atomic E-state index is 11.4. The number of piperazine rings is 1. The Balaban J connectivity index is 2.29. The summed E-state index contributed by atoms with van der Waals surface area (Å²) in [5.41, 5.74) is 0. The Morgan fingerprint density at radius 3 is 2.53 bits per heavy atom. The highest BCUT2D eigenvalue weighted by Gasteiger charge is 2.24. The van der Waals surface area contributed by atoms with Crippen LogP contribution in [0.5, 0.6) is 0 Å². The van der Waals surface area contributed by atoms with Crippen molar-refractivity contribution in [2.45, 2.75) is 20.3 Å². The summed E-state index contributed by atoms with van der Waals surface area (Å²) >= 11 is 0. The zero-order chi connectivity index (χ0) is 13.8. The first kappa shape index (κ1) is 13.3. The van der Waals surface area contributed by atoms with Crippen LogP contribution >= 0.6 is 0 Å². The van der Waals surface area contributed by atoms with Crippen LogP contribution in [0.25, 0.3) is 0 Å². The van der Waals surface area contributed by atoms with Crippen LogP contribution in [0.2, 0.25) is 0 Å². The summed E-state index contributed by atoms with van der Waals surface area (Å²) in [6.45, 7) is 4.96. The molecule has 1 saturated heterocycles. The van der Waals surface area contributed by atoms with Crippen molar-refractivity contribution in [1.82, 2.24) is 15.3 Å². The lowest BCUT2D eigenvalue weighted by atomic mass is 10.3. The normalized spacial score (nSPS) is 15.4. The largest absolute Gasteiger partial charge is 0.370 e. The first-order valence-corrected chi connectivity index (χ1v) is 6.31. The zero-order valence-corrected chi connectivity index (χ0v) is 11.1. The molecule has 2 rings (SSSR count). The molecule has 2 N–H and O–H groups in total. The molecule has 0 aliphatic carbocycles. The molecule has 0 spiro atoms. The zero-order valence-electron chi connectivity index (χ0n) is 11.1. The van der Waals surface area contributed by atoms with E-state index in [-0.39, 0.29) is 24.9 Å². The second-order valence-corrected chi connectivity index (χ2v) is 4.24. The predicted molar refractivity (Wildman–Crippen MR) is 70.9 cm³/mol. The van der Waals surface area contributed by atoms with E-state index in [0.29, 0.717) is 23.9 Å². The van der Waals surface area contributed by atoms with Crippen molar-refractivity contribution in [3.63, 3.8) is 0 Å². The topological polar surface area (TPSA) is 87.2 Å². The Labute approximate surface area is 111 Å². The van der Waals surface area contributed by atoms with Crippen LogP contribution in [0.1, 0.15) is 19.7 Å². The molecule has 2 amide bonds. The third-order valence-corrected chi connectivity index (χ3v) is 2.70. The average molecular weight is 263 g/mol. The van der Waals surface area contributed by atoms with Crippen molar-refractivity contribution in [2.75, 3.05) is 29.9 Å². The smallest absolute Gasteiger partial charge is 0.246 e. The quantitative estimate of drug-likeness (QED) is 0.740. The standard InChI is InChI=1S/C12H17N5O2/c1-3-8-14-9(13-4-2)5-10(15-8)17-6-11(18)16-12(19)7-17/h5H,3-4,6-7H2,1-2H3,(H,13,14,15)(H,16,18,19). The Morgan fingerprint density at radius 1 is 1.26 bits per heavy atom. The third kappa shape index (κ3) is 3.18. The number of nitrogens with one attached hydrogen (secondary N) is 2. The molecule has 7 nitrogen and oxygen atoms in total. The van der Waals surface area contributed by atoms with E-state index in [1.807, 2.05) is 13.8 Å². The molecule has 0 aromatic carbocycles. The van der Waals surface area contributed by atoms with Crippen LogP contribution in [0.15, 0.2) is 6.07 Å². The molecule has 0 radical (unpaired) electrons. The van der Waals surface area contributed by atoms with E-state index in [0.717, 1.165) is 6.54 Å². The Bertz CT molecular complexity index is 487. The van der Waals surface area contributed by atoms with Crippen molar-refractivity contribution in [1.29, 1.82) is 0 Å². The van der Waals surface area contributed by atoms with Crippen LogP contribution in [-0.2, 0) is 16.0 Å². The molecule has 0 unspecified atom stereocenters. The van der Waals surface area contributed by atoms with Gasteiger partial charge in [0, 0.05) is 19.0 Å². The highest BCUT2D eigenvalue weighted by molar-refractivity contribution is 6.02. The van der Waals surface area contributed by atoms with Gasteiger partial charge in [0.05, 0.1) is 13.1 Å². The second-order valence-electron chi connectivity index (χ2n) is 4.24. The number of carbonyl (C=O) groups is 2. The molecule has 7 heteroatoms. The van der Waals surface area contributed by atoms with Crippen LogP contribution < -0.4 is 15.5 Å². The first-order valence-electron chi connectivity index (χ1n) is 6.31. The van der Waals surface area contributed by atoms with E-state index in [1.165, 1.54) is 0 Å². The number of rotatable bonds is 4. The minimum absolute atomic E-state index is 0.136. The number of imide groups is 1. The summed E-state index contributed by atoms with van der Waals surface area (Å²) < 4.78 is 0. The monoisotopic (exact) mass is 263 g/mol. The van der Waals surface area contributed by atoms with E-state index < -0.39 is 0 Å². The molecular formula is C12H17N5O2. The highest BCUT2D eigenvalue weighted by Crippen LogP contribution is 2.17. The summed E-state index contributed by atoms with van der Waals surface area (Å²) in [6.07, 6.45) is 0.695. The maximum Gasteiger partial charge on any atom is 0.246 e. The molecule has 1 aromatic rings. The Morgan fingerprint density at radius 2 is 1.95 bits per heavy atom. The van der Waals surface area contributed by atoms with Gasteiger partial charge in [-0.2, -0.15) is 0 Å². The first-order chi connectivity index (χ1) is 9.12. The van der Waals surface area contributed by atoms with Crippen LogP contribution in [0.3, 0.4) is 0 Å². The SMILES string of the molecule is CCNc1cc(N2CC(=O)NC(=O)C2)nc(CC)n1. The van der Waals surface area contributed by atoms with Gasteiger partial charge in [0.1, 0.15) is 17.5 Å². The molecule has 0 atom stereocenters. The molecule has 102 valence electrons. The fourth-order valence-corrected chi connectivity index (χ4v) is 1.87. The number of carbonyl (C=O) groups excluding carboxylic acids is 2. The third-order valence-electron chi connectivity index (χ3n) is 2.70. The van der Waals surface area contributed by atoms with E-state index in [1.54, 1.807) is 11.0 Å². The second kappa shape index (κ2) is 5.64. The van der Waals surface area contributed by atoms with Crippen LogP contribution in [-0.4, -0.2) is 41.4 Å². The summed E-state index contributed by atoms with van der Waals surface area (Å²) in [5, 5.41) is 5.39. The Hall–Kier alpha value is -2.18. The molecule has 1 aliphatic rings. The molecular weight excluding hydrogens is 246 g/mol. The number of aryl methyl sites for hydroxylation is 1. The van der Waals surface area contributed by atoms with Crippen molar-refractivity contribution in [3.05, 3.63) is 11.9 Å². The highest BCUT2D eigenvalue weighted by atomic mass is 16.2. The summed E-state index contributed by atoms with van der Waals surface area (Å²) in [7, 11) is 0. The van der Waals surface area contributed by atoms with Crippen molar-refractivity contribution in [2.24, 2.45) is 0 Å². The van der Waals surface area contributed by atoms with Gasteiger partial charge in [-0.25, -0.2) is 9.97 Å². The summed E-state index contributed by atoms with van der Waals surface area (Å²) in [5.74, 6) is 1.39. The molecule has 1 fully saturated rings. The van der Waals surface area contributed by atoms with Gasteiger partial charge >= 0.3 is 0 Å². The van der Waals surface area contributed by atoms with Crippen molar-refractivity contribution < 1.29 is 9.59 Å². The van der Waals surface area contributed by atoms with E-state index >= 15 is 0 Å². The lowest BCUT2D eigenvalue weighted by Crippen LogP contribution is -2.51. The minimum atomic E-state index is -0.307. The molecule has 19 heavy (non-hydrogen) atoms. The van der Waals surface area contributed by atoms with Gasteiger partial charge in [-0.15, -0.1) is 0 Å². The molecule has 1 aliphatic heterocycles.